The summed E-state index contributed by atoms with van der Waals surface area (Å²) < 4.78 is 1.37. The van der Waals surface area contributed by atoms with E-state index in [2.05, 4.69) is 4.98 Å². The molecule has 1 aliphatic carbocycles. The van der Waals surface area contributed by atoms with Gasteiger partial charge in [-0.15, -0.1) is 11.3 Å². The maximum Gasteiger partial charge on any atom is 0.311 e. The van der Waals surface area contributed by atoms with E-state index < -0.39 is 11.9 Å². The lowest BCUT2D eigenvalue weighted by molar-refractivity contribution is -0.138. The molecule has 25 heavy (non-hydrogen) atoms. The molecule has 1 unspecified atom stereocenters. The van der Waals surface area contributed by atoms with Gasteiger partial charge in [0.05, 0.1) is 11.3 Å². The van der Waals surface area contributed by atoms with Crippen LogP contribution in [0.15, 0.2) is 4.79 Å². The summed E-state index contributed by atoms with van der Waals surface area (Å²) in [6, 6.07) is 0. The number of hydrogen-bond acceptors (Lipinski definition) is 5. The van der Waals surface area contributed by atoms with Crippen LogP contribution >= 0.6 is 11.3 Å². The number of hydrogen-bond donors (Lipinski definition) is 1. The molecule has 1 aliphatic rings. The van der Waals surface area contributed by atoms with Crippen LogP contribution in [0.3, 0.4) is 0 Å². The van der Waals surface area contributed by atoms with Crippen molar-refractivity contribution in [1.29, 1.82) is 0 Å². The Labute approximate surface area is 148 Å². The molecule has 0 aromatic carbocycles. The van der Waals surface area contributed by atoms with E-state index >= 15 is 0 Å². The van der Waals surface area contributed by atoms with E-state index in [9.17, 15) is 19.5 Å². The molecule has 0 saturated heterocycles. The zero-order chi connectivity index (χ0) is 18.3. The Hall–Kier alpha value is -2.22. The van der Waals surface area contributed by atoms with Crippen LogP contribution in [0.2, 0.25) is 0 Å². The zero-order valence-corrected chi connectivity index (χ0v) is 15.4. The first-order valence-electron chi connectivity index (χ1n) is 8.42. The lowest BCUT2D eigenvalue weighted by atomic mass is 10.0. The van der Waals surface area contributed by atoms with Gasteiger partial charge in [-0.3, -0.25) is 19.0 Å². The van der Waals surface area contributed by atoms with Crippen molar-refractivity contribution >= 4 is 33.4 Å². The van der Waals surface area contributed by atoms with Crippen molar-refractivity contribution in [2.75, 3.05) is 13.1 Å². The van der Waals surface area contributed by atoms with E-state index in [4.69, 9.17) is 0 Å². The fourth-order valence-electron chi connectivity index (χ4n) is 3.47. The smallest absolute Gasteiger partial charge is 0.311 e. The highest BCUT2D eigenvalue weighted by Crippen LogP contribution is 2.42. The topological polar surface area (TPSA) is 92.5 Å². The van der Waals surface area contributed by atoms with Gasteiger partial charge in [-0.1, -0.05) is 0 Å². The van der Waals surface area contributed by atoms with Crippen molar-refractivity contribution in [2.24, 2.45) is 0 Å². The van der Waals surface area contributed by atoms with Gasteiger partial charge in [0.25, 0.3) is 5.56 Å². The molecule has 2 heterocycles. The third-order valence-electron chi connectivity index (χ3n) is 4.83. The molecule has 1 amide bonds. The van der Waals surface area contributed by atoms with E-state index in [-0.39, 0.29) is 18.0 Å². The van der Waals surface area contributed by atoms with Crippen molar-refractivity contribution in [1.82, 2.24) is 14.5 Å². The first kappa shape index (κ1) is 17.6. The first-order valence-corrected chi connectivity index (χ1v) is 9.23. The number of likely N-dealkylation sites (N-methyl/N-ethyl adjacent to an activating group) is 1. The van der Waals surface area contributed by atoms with Crippen LogP contribution in [0, 0.1) is 6.92 Å². The fraction of sp³-hybridized carbons (Fsp3) is 0.529. The van der Waals surface area contributed by atoms with Crippen LogP contribution in [0.25, 0.3) is 10.2 Å². The minimum absolute atomic E-state index is 0.0718. The second-order valence-corrected chi connectivity index (χ2v) is 7.25. The molecule has 0 saturated carbocycles. The molecule has 134 valence electrons. The first-order chi connectivity index (χ1) is 11.9. The van der Waals surface area contributed by atoms with Gasteiger partial charge in [0, 0.05) is 18.0 Å². The molecule has 0 radical (unpaired) electrons. The number of thiophene rings is 1. The van der Waals surface area contributed by atoms with Crippen molar-refractivity contribution < 1.29 is 14.7 Å². The van der Waals surface area contributed by atoms with E-state index in [1.807, 2.05) is 13.8 Å². The van der Waals surface area contributed by atoms with Gasteiger partial charge in [-0.05, 0) is 39.2 Å². The van der Waals surface area contributed by atoms with Crippen LogP contribution in [-0.2, 0) is 22.6 Å². The molecule has 1 atom stereocenters. The van der Waals surface area contributed by atoms with Gasteiger partial charge >= 0.3 is 5.97 Å². The number of amides is 1. The Kier molecular flexibility index (Phi) is 4.64. The Morgan fingerprint density at radius 1 is 1.36 bits per heavy atom. The summed E-state index contributed by atoms with van der Waals surface area (Å²) >= 11 is 1.40. The molecular weight excluding hydrogens is 342 g/mol. The SMILES string of the molecule is CCN(CC)C(=O)Cn1c(C)nc2sc3c(c2c1=O)C(C(=O)O)CC3. The molecule has 7 nitrogen and oxygen atoms in total. The molecule has 1 N–H and O–H groups in total. The van der Waals surface area contributed by atoms with Gasteiger partial charge in [-0.25, -0.2) is 4.98 Å². The molecule has 8 heteroatoms. The Balaban J connectivity index is 2.13. The summed E-state index contributed by atoms with van der Waals surface area (Å²) in [6.07, 6.45) is 1.17. The number of carbonyl (C=O) groups is 2. The molecule has 3 rings (SSSR count). The monoisotopic (exact) mass is 363 g/mol. The van der Waals surface area contributed by atoms with E-state index in [0.717, 1.165) is 4.88 Å². The van der Waals surface area contributed by atoms with Crippen LogP contribution in [0.5, 0.6) is 0 Å². The largest absolute Gasteiger partial charge is 0.481 e. The maximum absolute atomic E-state index is 13.0. The van der Waals surface area contributed by atoms with Crippen LogP contribution in [0.1, 0.15) is 42.5 Å². The van der Waals surface area contributed by atoms with Gasteiger partial charge in [0.15, 0.2) is 0 Å². The van der Waals surface area contributed by atoms with Crippen molar-refractivity contribution in [3.05, 3.63) is 26.6 Å². The van der Waals surface area contributed by atoms with Crippen LogP contribution < -0.4 is 5.56 Å². The summed E-state index contributed by atoms with van der Waals surface area (Å²) in [5.41, 5.74) is 0.294. The highest BCUT2D eigenvalue weighted by molar-refractivity contribution is 7.18. The highest BCUT2D eigenvalue weighted by atomic mass is 32.1. The number of nitrogens with zero attached hydrogens (tertiary/aromatic N) is 3. The maximum atomic E-state index is 13.0. The predicted molar refractivity (Wildman–Crippen MR) is 95.2 cm³/mol. The number of fused-ring (bicyclic) bond motifs is 3. The highest BCUT2D eigenvalue weighted by Gasteiger charge is 2.34. The van der Waals surface area contributed by atoms with Crippen LogP contribution in [-0.4, -0.2) is 44.5 Å². The summed E-state index contributed by atoms with van der Waals surface area (Å²) in [5.74, 6) is -1.24. The lowest BCUT2D eigenvalue weighted by Gasteiger charge is -2.20. The number of carboxylic acids is 1. The van der Waals surface area contributed by atoms with Crippen molar-refractivity contribution in [3.63, 3.8) is 0 Å². The van der Waals surface area contributed by atoms with Gasteiger partial charge in [0.2, 0.25) is 5.91 Å². The van der Waals surface area contributed by atoms with Crippen molar-refractivity contribution in [2.45, 2.75) is 46.1 Å². The molecule has 2 aromatic heterocycles. The quantitative estimate of drug-likeness (QED) is 0.874. The molecule has 0 fully saturated rings. The van der Waals surface area contributed by atoms with Gasteiger partial charge < -0.3 is 10.0 Å². The van der Waals surface area contributed by atoms with E-state index in [1.165, 1.54) is 15.9 Å². The van der Waals surface area contributed by atoms with E-state index in [0.29, 0.717) is 47.5 Å². The van der Waals surface area contributed by atoms with Crippen molar-refractivity contribution in [3.8, 4) is 0 Å². The number of carbonyl (C=O) groups excluding carboxylic acids is 1. The standard InChI is InChI=1S/C17H21N3O4S/c1-4-19(5-2)12(21)8-20-9(3)18-15-14(16(20)22)13-10(17(23)24)6-7-11(13)25-15/h10H,4-8H2,1-3H3,(H,23,24). The third kappa shape index (κ3) is 2.84. The number of carboxylic acid groups (broad SMARTS) is 1. The molecule has 2 aromatic rings. The summed E-state index contributed by atoms with van der Waals surface area (Å²) in [5, 5.41) is 9.83. The molecule has 0 bridgehead atoms. The van der Waals surface area contributed by atoms with Gasteiger partial charge in [-0.2, -0.15) is 0 Å². The minimum atomic E-state index is -0.913. The Morgan fingerprint density at radius 2 is 2.04 bits per heavy atom. The predicted octanol–water partition coefficient (Wildman–Crippen LogP) is 1.75. The minimum Gasteiger partial charge on any atom is -0.481 e. The second kappa shape index (κ2) is 6.59. The number of aryl methyl sites for hydroxylation is 2. The number of rotatable bonds is 5. The Morgan fingerprint density at radius 3 is 2.64 bits per heavy atom. The fourth-order valence-corrected chi connectivity index (χ4v) is 4.76. The molecular formula is C17H21N3O4S. The molecule has 0 spiro atoms. The Bertz CT molecular complexity index is 911. The molecule has 0 aliphatic heterocycles. The van der Waals surface area contributed by atoms with Crippen LogP contribution in [0.4, 0.5) is 0 Å². The summed E-state index contributed by atoms with van der Waals surface area (Å²) in [7, 11) is 0. The third-order valence-corrected chi connectivity index (χ3v) is 5.99. The van der Waals surface area contributed by atoms with E-state index in [1.54, 1.807) is 11.8 Å². The summed E-state index contributed by atoms with van der Waals surface area (Å²) in [4.78, 5) is 44.6. The summed E-state index contributed by atoms with van der Waals surface area (Å²) in [6.45, 7) is 6.57. The lowest BCUT2D eigenvalue weighted by Crippen LogP contribution is -2.37. The second-order valence-electron chi connectivity index (χ2n) is 6.16. The van der Waals surface area contributed by atoms with Gasteiger partial charge in [0.1, 0.15) is 17.2 Å². The number of aliphatic carboxylic acids is 1. The number of aromatic nitrogens is 2. The average Bonchev–Trinajstić information content (AvgIpc) is 3.10. The zero-order valence-electron chi connectivity index (χ0n) is 14.5. The average molecular weight is 363 g/mol. The normalized spacial score (nSPS) is 16.2.